The average Bonchev–Trinajstić information content (AvgIpc) is 3.01. The first kappa shape index (κ1) is 12.5. The maximum absolute atomic E-state index is 12.4. The van der Waals surface area contributed by atoms with Gasteiger partial charge in [0.1, 0.15) is 5.75 Å². The summed E-state index contributed by atoms with van der Waals surface area (Å²) in [6, 6.07) is 7.25. The summed E-state index contributed by atoms with van der Waals surface area (Å²) in [6.07, 6.45) is 1.69. The summed E-state index contributed by atoms with van der Waals surface area (Å²) in [7, 11) is 1.60. The second kappa shape index (κ2) is 4.85. The van der Waals surface area contributed by atoms with Gasteiger partial charge in [0.25, 0.3) is 5.91 Å². The highest BCUT2D eigenvalue weighted by molar-refractivity contribution is 5.94. The number of amides is 1. The molecule has 1 heterocycles. The minimum absolute atomic E-state index is 0.0421. The minimum Gasteiger partial charge on any atom is -0.497 e. The van der Waals surface area contributed by atoms with Crippen molar-refractivity contribution in [2.75, 3.05) is 20.2 Å². The van der Waals surface area contributed by atoms with Crippen LogP contribution in [0.1, 0.15) is 23.2 Å². The van der Waals surface area contributed by atoms with Crippen LogP contribution in [0.15, 0.2) is 24.3 Å². The zero-order valence-corrected chi connectivity index (χ0v) is 11.1. The molecule has 1 aromatic rings. The zero-order chi connectivity index (χ0) is 13.4. The third-order valence-electron chi connectivity index (χ3n) is 4.42. The number of rotatable bonds is 2. The molecule has 1 amide bonds. The van der Waals surface area contributed by atoms with Crippen LogP contribution in [0.2, 0.25) is 0 Å². The predicted octanol–water partition coefficient (Wildman–Crippen LogP) is 1.54. The lowest BCUT2D eigenvalue weighted by Crippen LogP contribution is -2.31. The van der Waals surface area contributed by atoms with Gasteiger partial charge in [-0.1, -0.05) is 6.07 Å². The quantitative estimate of drug-likeness (QED) is 0.878. The fourth-order valence-corrected chi connectivity index (χ4v) is 3.34. The van der Waals surface area contributed by atoms with Crippen molar-refractivity contribution in [3.05, 3.63) is 29.8 Å². The summed E-state index contributed by atoms with van der Waals surface area (Å²) in [4.78, 5) is 14.3. The monoisotopic (exact) mass is 261 g/mol. The summed E-state index contributed by atoms with van der Waals surface area (Å²) >= 11 is 0. The van der Waals surface area contributed by atoms with E-state index in [1.165, 1.54) is 0 Å². The number of methoxy groups -OCH3 is 1. The van der Waals surface area contributed by atoms with Gasteiger partial charge in [-0.2, -0.15) is 0 Å². The molecule has 2 aliphatic rings. The number of ether oxygens (including phenoxy) is 1. The van der Waals surface area contributed by atoms with Crippen LogP contribution in [0.25, 0.3) is 0 Å². The maximum atomic E-state index is 12.4. The molecule has 4 heteroatoms. The van der Waals surface area contributed by atoms with E-state index in [0.29, 0.717) is 23.8 Å². The highest BCUT2D eigenvalue weighted by Gasteiger charge is 2.43. The molecule has 0 radical (unpaired) electrons. The van der Waals surface area contributed by atoms with Crippen LogP contribution in [0.5, 0.6) is 5.75 Å². The molecule has 4 nitrogen and oxygen atoms in total. The fraction of sp³-hybridized carbons (Fsp3) is 0.533. The Hall–Kier alpha value is -1.55. The standard InChI is InChI=1S/C15H19NO3/c1-19-12-4-2-3-10(7-12)15(18)16-8-11-5-6-14(17)13(11)9-16/h2-4,7,11,13-14,17H,5-6,8-9H2,1H3. The van der Waals surface area contributed by atoms with Crippen LogP contribution in [0, 0.1) is 11.8 Å². The molecule has 19 heavy (non-hydrogen) atoms. The predicted molar refractivity (Wildman–Crippen MR) is 71.1 cm³/mol. The van der Waals surface area contributed by atoms with Gasteiger partial charge in [0.05, 0.1) is 13.2 Å². The van der Waals surface area contributed by atoms with Gasteiger partial charge in [0.2, 0.25) is 0 Å². The van der Waals surface area contributed by atoms with Gasteiger partial charge in [-0.3, -0.25) is 4.79 Å². The van der Waals surface area contributed by atoms with E-state index < -0.39 is 0 Å². The van der Waals surface area contributed by atoms with Crippen molar-refractivity contribution in [3.8, 4) is 5.75 Å². The largest absolute Gasteiger partial charge is 0.497 e. The van der Waals surface area contributed by atoms with Gasteiger partial charge < -0.3 is 14.7 Å². The number of carbonyl (C=O) groups is 1. The molecule has 3 unspecified atom stereocenters. The number of likely N-dealkylation sites (tertiary alicyclic amines) is 1. The second-order valence-electron chi connectivity index (χ2n) is 5.51. The Morgan fingerprint density at radius 3 is 2.95 bits per heavy atom. The molecule has 3 atom stereocenters. The van der Waals surface area contributed by atoms with Gasteiger partial charge >= 0.3 is 0 Å². The van der Waals surface area contributed by atoms with Gasteiger partial charge in [0.15, 0.2) is 0 Å². The Bertz CT molecular complexity index is 488. The van der Waals surface area contributed by atoms with Gasteiger partial charge in [0, 0.05) is 24.6 Å². The van der Waals surface area contributed by atoms with Crippen molar-refractivity contribution < 1.29 is 14.6 Å². The molecule has 1 aliphatic heterocycles. The van der Waals surface area contributed by atoms with Crippen LogP contribution >= 0.6 is 0 Å². The lowest BCUT2D eigenvalue weighted by molar-refractivity contribution is 0.0752. The summed E-state index contributed by atoms with van der Waals surface area (Å²) in [5.74, 6) is 1.49. The molecule has 1 saturated heterocycles. The van der Waals surface area contributed by atoms with E-state index in [0.717, 1.165) is 19.4 Å². The summed E-state index contributed by atoms with van der Waals surface area (Å²) in [6.45, 7) is 1.46. The molecule has 1 aliphatic carbocycles. The summed E-state index contributed by atoms with van der Waals surface area (Å²) in [5.41, 5.74) is 0.661. The Morgan fingerprint density at radius 2 is 2.21 bits per heavy atom. The molecular weight excluding hydrogens is 242 g/mol. The van der Waals surface area contributed by atoms with Crippen molar-refractivity contribution in [2.24, 2.45) is 11.8 Å². The van der Waals surface area contributed by atoms with Crippen LogP contribution < -0.4 is 4.74 Å². The van der Waals surface area contributed by atoms with Crippen molar-refractivity contribution in [1.29, 1.82) is 0 Å². The van der Waals surface area contributed by atoms with E-state index in [-0.39, 0.29) is 17.9 Å². The van der Waals surface area contributed by atoms with Crippen molar-refractivity contribution in [2.45, 2.75) is 18.9 Å². The number of fused-ring (bicyclic) bond motifs is 1. The van der Waals surface area contributed by atoms with Crippen molar-refractivity contribution in [3.63, 3.8) is 0 Å². The Kier molecular flexibility index (Phi) is 3.19. The smallest absolute Gasteiger partial charge is 0.254 e. The summed E-state index contributed by atoms with van der Waals surface area (Å²) in [5, 5.41) is 9.89. The molecule has 2 fully saturated rings. The highest BCUT2D eigenvalue weighted by atomic mass is 16.5. The minimum atomic E-state index is -0.229. The SMILES string of the molecule is COc1cccc(C(=O)N2CC3CCC(O)C3C2)c1. The Morgan fingerprint density at radius 1 is 1.37 bits per heavy atom. The number of carbonyl (C=O) groups excluding carboxylic acids is 1. The third-order valence-corrected chi connectivity index (χ3v) is 4.42. The van der Waals surface area contributed by atoms with Crippen LogP contribution in [0.3, 0.4) is 0 Å². The van der Waals surface area contributed by atoms with E-state index in [1.54, 1.807) is 13.2 Å². The molecule has 3 rings (SSSR count). The van der Waals surface area contributed by atoms with Crippen LogP contribution in [-0.4, -0.2) is 42.2 Å². The molecule has 0 spiro atoms. The Balaban J connectivity index is 1.74. The van der Waals surface area contributed by atoms with Crippen LogP contribution in [0.4, 0.5) is 0 Å². The summed E-state index contributed by atoms with van der Waals surface area (Å²) < 4.78 is 5.15. The first-order valence-electron chi connectivity index (χ1n) is 6.80. The fourth-order valence-electron chi connectivity index (χ4n) is 3.34. The first-order chi connectivity index (χ1) is 9.19. The second-order valence-corrected chi connectivity index (χ2v) is 5.51. The van der Waals surface area contributed by atoms with Crippen LogP contribution in [-0.2, 0) is 0 Å². The van der Waals surface area contributed by atoms with Crippen molar-refractivity contribution in [1.82, 2.24) is 4.90 Å². The molecule has 102 valence electrons. The topological polar surface area (TPSA) is 49.8 Å². The van der Waals surface area contributed by atoms with Gasteiger partial charge in [-0.05, 0) is 37.0 Å². The van der Waals surface area contributed by atoms with E-state index in [4.69, 9.17) is 4.74 Å². The molecule has 0 bridgehead atoms. The molecule has 1 aromatic carbocycles. The third kappa shape index (κ3) is 2.21. The molecular formula is C15H19NO3. The first-order valence-corrected chi connectivity index (χ1v) is 6.80. The molecule has 1 N–H and O–H groups in total. The normalized spacial score (nSPS) is 29.4. The average molecular weight is 261 g/mol. The number of aliphatic hydroxyl groups is 1. The highest BCUT2D eigenvalue weighted by Crippen LogP contribution is 2.38. The molecule has 0 aromatic heterocycles. The molecule has 1 saturated carbocycles. The van der Waals surface area contributed by atoms with Gasteiger partial charge in [-0.15, -0.1) is 0 Å². The number of benzene rings is 1. The van der Waals surface area contributed by atoms with Crippen molar-refractivity contribution >= 4 is 5.91 Å². The Labute approximate surface area is 113 Å². The number of nitrogens with zero attached hydrogens (tertiary/aromatic N) is 1. The van der Waals surface area contributed by atoms with E-state index >= 15 is 0 Å². The number of hydrogen-bond donors (Lipinski definition) is 1. The van der Waals surface area contributed by atoms with E-state index in [2.05, 4.69) is 0 Å². The lowest BCUT2D eigenvalue weighted by Gasteiger charge is -2.18. The number of hydrogen-bond acceptors (Lipinski definition) is 3. The maximum Gasteiger partial charge on any atom is 0.254 e. The van der Waals surface area contributed by atoms with E-state index in [1.807, 2.05) is 23.1 Å². The lowest BCUT2D eigenvalue weighted by atomic mass is 10.00. The zero-order valence-electron chi connectivity index (χ0n) is 11.1. The van der Waals surface area contributed by atoms with Gasteiger partial charge in [-0.25, -0.2) is 0 Å². The number of aliphatic hydroxyl groups excluding tert-OH is 1. The van der Waals surface area contributed by atoms with E-state index in [9.17, 15) is 9.90 Å².